The number of ether oxygens (including phenoxy) is 1. The van der Waals surface area contributed by atoms with Crippen LogP contribution < -0.4 is 4.74 Å². The molecule has 6 heteroatoms. The highest BCUT2D eigenvalue weighted by Gasteiger charge is 2.34. The van der Waals surface area contributed by atoms with E-state index < -0.39 is 0 Å². The first-order valence-electron chi connectivity index (χ1n) is 11.9. The lowest BCUT2D eigenvalue weighted by Gasteiger charge is -2.37. The summed E-state index contributed by atoms with van der Waals surface area (Å²) in [4.78, 5) is 31.5. The summed E-state index contributed by atoms with van der Waals surface area (Å²) in [5.41, 5.74) is 3.46. The topological polar surface area (TPSA) is 49.9 Å². The Morgan fingerprint density at radius 3 is 2.76 bits per heavy atom. The summed E-state index contributed by atoms with van der Waals surface area (Å²) in [6, 6.07) is 8.11. The second-order valence-electron chi connectivity index (χ2n) is 9.22. The van der Waals surface area contributed by atoms with Crippen LogP contribution in [0.5, 0.6) is 5.75 Å². The average molecular weight is 467 g/mol. The van der Waals surface area contributed by atoms with Crippen LogP contribution in [-0.2, 0) is 16.0 Å². The van der Waals surface area contributed by atoms with Crippen LogP contribution in [0.3, 0.4) is 0 Å². The van der Waals surface area contributed by atoms with Crippen LogP contribution in [0.15, 0.2) is 42.3 Å². The van der Waals surface area contributed by atoms with Crippen LogP contribution in [0.4, 0.5) is 0 Å². The fourth-order valence-corrected chi connectivity index (χ4v) is 6.01. The van der Waals surface area contributed by atoms with Gasteiger partial charge in [-0.25, -0.2) is 0 Å². The number of carbonyl (C=O) groups excluding carboxylic acids is 2. The number of amides is 2. The molecule has 5 nitrogen and oxygen atoms in total. The largest absolute Gasteiger partial charge is 0.491 e. The Hall–Kier alpha value is -2.60. The first kappa shape index (κ1) is 23.6. The molecule has 0 N–H and O–H groups in total. The Balaban J connectivity index is 1.50. The normalized spacial score (nSPS) is 18.1. The Kier molecular flexibility index (Phi) is 7.53. The standard InChI is InChI=1S/C27H34N2O3S/c1-4-13-28(27(31)21-7-5-6-8-21)17-26(30)29-14-11-25-22(12-15-33-25)23(29)18-32-24-10-9-19(2)16-20(24)3/h4,9-10,12,15-16,21,23H,1,5-8,11,13-14,17-18H2,2-3H3/t23-/m1/s1. The molecule has 2 heterocycles. The van der Waals surface area contributed by atoms with E-state index in [9.17, 15) is 9.59 Å². The van der Waals surface area contributed by atoms with Crippen molar-refractivity contribution in [1.82, 2.24) is 9.80 Å². The van der Waals surface area contributed by atoms with E-state index in [4.69, 9.17) is 4.74 Å². The van der Waals surface area contributed by atoms with Crippen molar-refractivity contribution in [1.29, 1.82) is 0 Å². The Morgan fingerprint density at radius 2 is 2.03 bits per heavy atom. The van der Waals surface area contributed by atoms with Crippen LogP contribution in [0.2, 0.25) is 0 Å². The Labute approximate surface area is 201 Å². The van der Waals surface area contributed by atoms with Gasteiger partial charge >= 0.3 is 0 Å². The van der Waals surface area contributed by atoms with Crippen molar-refractivity contribution in [2.75, 3.05) is 26.2 Å². The number of carbonyl (C=O) groups is 2. The van der Waals surface area contributed by atoms with Crippen molar-refractivity contribution in [2.24, 2.45) is 5.92 Å². The predicted molar refractivity (Wildman–Crippen MR) is 133 cm³/mol. The van der Waals surface area contributed by atoms with Crippen molar-refractivity contribution in [3.05, 3.63) is 63.9 Å². The SMILES string of the molecule is C=CCN(CC(=O)N1CCc2sccc2[C@H]1COc1ccc(C)cc1C)C(=O)C1CCCC1. The lowest BCUT2D eigenvalue weighted by Crippen LogP contribution is -2.48. The first-order chi connectivity index (χ1) is 16.0. The third kappa shape index (κ3) is 5.32. The number of nitrogens with zero attached hydrogens (tertiary/aromatic N) is 2. The maximum Gasteiger partial charge on any atom is 0.242 e. The molecule has 0 bridgehead atoms. The van der Waals surface area contributed by atoms with Crippen LogP contribution in [0.25, 0.3) is 0 Å². The van der Waals surface area contributed by atoms with Crippen molar-refractivity contribution >= 4 is 23.2 Å². The molecule has 0 spiro atoms. The van der Waals surface area contributed by atoms with E-state index in [2.05, 4.69) is 31.0 Å². The zero-order valence-electron chi connectivity index (χ0n) is 19.7. The molecule has 33 heavy (non-hydrogen) atoms. The molecule has 0 saturated heterocycles. The van der Waals surface area contributed by atoms with Gasteiger partial charge in [-0.1, -0.05) is 36.6 Å². The van der Waals surface area contributed by atoms with Crippen molar-refractivity contribution < 1.29 is 14.3 Å². The molecule has 1 aromatic carbocycles. The maximum absolute atomic E-state index is 13.5. The molecule has 0 radical (unpaired) electrons. The summed E-state index contributed by atoms with van der Waals surface area (Å²) in [5.74, 6) is 0.970. The van der Waals surface area contributed by atoms with Crippen LogP contribution in [0.1, 0.15) is 53.3 Å². The third-order valence-corrected chi connectivity index (χ3v) is 7.83. The number of fused-ring (bicyclic) bond motifs is 1. The number of aryl methyl sites for hydroxylation is 2. The number of benzene rings is 1. The van der Waals surface area contributed by atoms with Gasteiger partial charge in [-0.2, -0.15) is 0 Å². The second-order valence-corrected chi connectivity index (χ2v) is 10.2. The summed E-state index contributed by atoms with van der Waals surface area (Å²) in [5, 5.41) is 2.09. The highest BCUT2D eigenvalue weighted by molar-refractivity contribution is 7.10. The molecule has 1 aromatic heterocycles. The van der Waals surface area contributed by atoms with E-state index in [0.29, 0.717) is 19.7 Å². The van der Waals surface area contributed by atoms with E-state index in [0.717, 1.165) is 43.4 Å². The summed E-state index contributed by atoms with van der Waals surface area (Å²) in [6.07, 6.45) is 6.60. The van der Waals surface area contributed by atoms with Gasteiger partial charge in [-0.15, -0.1) is 17.9 Å². The van der Waals surface area contributed by atoms with Crippen molar-refractivity contribution in [3.8, 4) is 5.75 Å². The quantitative estimate of drug-likeness (QED) is 0.510. The molecule has 1 saturated carbocycles. The number of hydrogen-bond donors (Lipinski definition) is 0. The highest BCUT2D eigenvalue weighted by atomic mass is 32.1. The zero-order chi connectivity index (χ0) is 23.4. The smallest absolute Gasteiger partial charge is 0.242 e. The third-order valence-electron chi connectivity index (χ3n) is 6.83. The molecule has 1 atom stereocenters. The lowest BCUT2D eigenvalue weighted by atomic mass is 10.00. The van der Waals surface area contributed by atoms with Gasteiger partial charge in [0, 0.05) is 23.9 Å². The summed E-state index contributed by atoms with van der Waals surface area (Å²) >= 11 is 1.74. The number of hydrogen-bond acceptors (Lipinski definition) is 4. The van der Waals surface area contributed by atoms with Crippen molar-refractivity contribution in [2.45, 2.75) is 52.0 Å². The summed E-state index contributed by atoms with van der Waals surface area (Å²) in [7, 11) is 0. The predicted octanol–water partition coefficient (Wildman–Crippen LogP) is 5.07. The van der Waals surface area contributed by atoms with Crippen LogP contribution in [-0.4, -0.2) is 47.9 Å². The fraction of sp³-hybridized carbons (Fsp3) is 0.481. The lowest BCUT2D eigenvalue weighted by molar-refractivity contribution is -0.144. The van der Waals surface area contributed by atoms with Gasteiger partial charge in [0.2, 0.25) is 11.8 Å². The highest BCUT2D eigenvalue weighted by Crippen LogP contribution is 2.34. The Morgan fingerprint density at radius 1 is 1.24 bits per heavy atom. The number of rotatable bonds is 8. The number of thiophene rings is 1. The minimum atomic E-state index is -0.152. The molecular formula is C27H34N2O3S. The van der Waals surface area contributed by atoms with Gasteiger partial charge in [-0.05, 0) is 61.7 Å². The fourth-order valence-electron chi connectivity index (χ4n) is 5.08. The van der Waals surface area contributed by atoms with Gasteiger partial charge in [0.05, 0.1) is 6.04 Å². The molecule has 2 amide bonds. The van der Waals surface area contributed by atoms with Crippen LogP contribution >= 0.6 is 11.3 Å². The molecule has 2 aromatic rings. The minimum absolute atomic E-state index is 0.0192. The van der Waals surface area contributed by atoms with E-state index in [1.807, 2.05) is 24.0 Å². The van der Waals surface area contributed by atoms with Crippen molar-refractivity contribution in [3.63, 3.8) is 0 Å². The van der Waals surface area contributed by atoms with Gasteiger partial charge in [0.1, 0.15) is 18.9 Å². The molecule has 176 valence electrons. The van der Waals surface area contributed by atoms with E-state index >= 15 is 0 Å². The van der Waals surface area contributed by atoms with Gasteiger partial charge in [0.15, 0.2) is 0 Å². The zero-order valence-corrected chi connectivity index (χ0v) is 20.5. The van der Waals surface area contributed by atoms with Crippen LogP contribution in [0, 0.1) is 19.8 Å². The van der Waals surface area contributed by atoms with E-state index in [1.165, 1.54) is 16.0 Å². The molecule has 4 rings (SSSR count). The first-order valence-corrected chi connectivity index (χ1v) is 12.8. The maximum atomic E-state index is 13.5. The Bertz CT molecular complexity index is 1010. The van der Waals surface area contributed by atoms with E-state index in [1.54, 1.807) is 22.3 Å². The molecule has 0 unspecified atom stereocenters. The molecular weight excluding hydrogens is 432 g/mol. The van der Waals surface area contributed by atoms with Gasteiger partial charge in [0.25, 0.3) is 0 Å². The monoisotopic (exact) mass is 466 g/mol. The van der Waals surface area contributed by atoms with Gasteiger partial charge in [-0.3, -0.25) is 9.59 Å². The molecule has 1 aliphatic heterocycles. The average Bonchev–Trinajstić information content (AvgIpc) is 3.49. The van der Waals surface area contributed by atoms with E-state index in [-0.39, 0.29) is 30.3 Å². The summed E-state index contributed by atoms with van der Waals surface area (Å²) in [6.45, 7) is 9.47. The minimum Gasteiger partial charge on any atom is -0.491 e. The summed E-state index contributed by atoms with van der Waals surface area (Å²) < 4.78 is 6.23. The molecule has 2 aliphatic rings. The second kappa shape index (κ2) is 10.6. The molecule has 1 fully saturated rings. The van der Waals surface area contributed by atoms with Gasteiger partial charge < -0.3 is 14.5 Å². The molecule has 1 aliphatic carbocycles.